The summed E-state index contributed by atoms with van der Waals surface area (Å²) in [4.78, 5) is 22.1. The van der Waals surface area contributed by atoms with Crippen LogP contribution >= 0.6 is 0 Å². The summed E-state index contributed by atoms with van der Waals surface area (Å²) in [6.07, 6.45) is 0.393. The number of carbonyl (C=O) groups excluding carboxylic acids is 1. The van der Waals surface area contributed by atoms with E-state index in [-0.39, 0.29) is 18.3 Å². The van der Waals surface area contributed by atoms with Crippen LogP contribution in [0.5, 0.6) is 0 Å². The Morgan fingerprint density at radius 2 is 2.18 bits per heavy atom. The molecule has 1 aliphatic rings. The molecule has 0 aliphatic heterocycles. The molecule has 2 rings (SSSR count). The summed E-state index contributed by atoms with van der Waals surface area (Å²) in [6.45, 7) is 0.222. The summed E-state index contributed by atoms with van der Waals surface area (Å²) < 4.78 is 12.8. The molecule has 0 radical (unpaired) electrons. The highest BCUT2D eigenvalue weighted by Gasteiger charge is 2.48. The summed E-state index contributed by atoms with van der Waals surface area (Å²) >= 11 is 0. The van der Waals surface area contributed by atoms with Crippen molar-refractivity contribution in [2.45, 2.75) is 13.0 Å². The van der Waals surface area contributed by atoms with Crippen molar-refractivity contribution in [1.29, 1.82) is 0 Å². The van der Waals surface area contributed by atoms with Gasteiger partial charge in [-0.2, -0.15) is 0 Å². The number of halogens is 1. The van der Waals surface area contributed by atoms with E-state index >= 15 is 0 Å². The first kappa shape index (κ1) is 11.6. The molecule has 1 aliphatic carbocycles. The quantitative estimate of drug-likeness (QED) is 0.825. The van der Waals surface area contributed by atoms with Crippen LogP contribution in [0.4, 0.5) is 4.39 Å². The third kappa shape index (κ3) is 2.81. The van der Waals surface area contributed by atoms with Gasteiger partial charge in [0.1, 0.15) is 5.82 Å². The Morgan fingerprint density at radius 3 is 2.76 bits per heavy atom. The minimum atomic E-state index is -0.934. The average molecular weight is 237 g/mol. The van der Waals surface area contributed by atoms with Crippen LogP contribution in [-0.4, -0.2) is 17.0 Å². The van der Waals surface area contributed by atoms with Gasteiger partial charge in [0, 0.05) is 6.54 Å². The zero-order valence-electron chi connectivity index (χ0n) is 9.02. The van der Waals surface area contributed by atoms with Crippen molar-refractivity contribution in [2.75, 3.05) is 0 Å². The lowest BCUT2D eigenvalue weighted by Gasteiger charge is -2.04. The highest BCUT2D eigenvalue weighted by atomic mass is 19.1. The molecule has 0 spiro atoms. The molecule has 1 aromatic carbocycles. The Balaban J connectivity index is 1.83. The number of carbonyl (C=O) groups is 2. The van der Waals surface area contributed by atoms with E-state index < -0.39 is 17.8 Å². The van der Waals surface area contributed by atoms with Crippen LogP contribution in [0.3, 0.4) is 0 Å². The average Bonchev–Trinajstić information content (AvgIpc) is 3.06. The molecule has 0 heterocycles. The SMILES string of the molecule is O=C(O)[C@H]1C[C@H]1C(=O)NCc1cccc(F)c1. The summed E-state index contributed by atoms with van der Waals surface area (Å²) in [6, 6.07) is 5.92. The van der Waals surface area contributed by atoms with Crippen molar-refractivity contribution in [3.05, 3.63) is 35.6 Å². The molecule has 90 valence electrons. The maximum absolute atomic E-state index is 12.8. The van der Waals surface area contributed by atoms with Crippen molar-refractivity contribution in [3.8, 4) is 0 Å². The molecule has 0 aromatic heterocycles. The van der Waals surface area contributed by atoms with Gasteiger partial charge in [-0.15, -0.1) is 0 Å². The minimum Gasteiger partial charge on any atom is -0.481 e. The molecule has 1 aromatic rings. The van der Waals surface area contributed by atoms with Gasteiger partial charge in [0.15, 0.2) is 0 Å². The zero-order valence-corrected chi connectivity index (χ0v) is 9.02. The molecule has 1 fully saturated rings. The largest absolute Gasteiger partial charge is 0.481 e. The Hall–Kier alpha value is -1.91. The van der Waals surface area contributed by atoms with Crippen LogP contribution in [0.25, 0.3) is 0 Å². The van der Waals surface area contributed by atoms with Crippen LogP contribution in [-0.2, 0) is 16.1 Å². The van der Waals surface area contributed by atoms with E-state index in [9.17, 15) is 14.0 Å². The van der Waals surface area contributed by atoms with E-state index in [0.717, 1.165) is 0 Å². The lowest BCUT2D eigenvalue weighted by molar-refractivity contribution is -0.140. The van der Waals surface area contributed by atoms with E-state index in [1.54, 1.807) is 12.1 Å². The van der Waals surface area contributed by atoms with Crippen molar-refractivity contribution in [3.63, 3.8) is 0 Å². The Bertz CT molecular complexity index is 461. The zero-order chi connectivity index (χ0) is 12.4. The van der Waals surface area contributed by atoms with Gasteiger partial charge in [-0.3, -0.25) is 9.59 Å². The van der Waals surface area contributed by atoms with Crippen molar-refractivity contribution in [2.24, 2.45) is 11.8 Å². The smallest absolute Gasteiger partial charge is 0.307 e. The molecule has 0 saturated heterocycles. The lowest BCUT2D eigenvalue weighted by atomic mass is 10.2. The fourth-order valence-electron chi connectivity index (χ4n) is 1.72. The van der Waals surface area contributed by atoms with Gasteiger partial charge in [0.2, 0.25) is 5.91 Å². The van der Waals surface area contributed by atoms with Gasteiger partial charge in [-0.25, -0.2) is 4.39 Å². The number of nitrogens with one attached hydrogen (secondary N) is 1. The Morgan fingerprint density at radius 1 is 1.41 bits per heavy atom. The predicted molar refractivity (Wildman–Crippen MR) is 57.5 cm³/mol. The first-order valence-corrected chi connectivity index (χ1v) is 5.33. The Labute approximate surface area is 97.4 Å². The number of carboxylic acid groups (broad SMARTS) is 1. The fourth-order valence-corrected chi connectivity index (χ4v) is 1.72. The molecular formula is C12H12FNO3. The molecule has 4 nitrogen and oxygen atoms in total. The molecule has 1 amide bonds. The van der Waals surface area contributed by atoms with Gasteiger partial charge in [0.25, 0.3) is 0 Å². The monoisotopic (exact) mass is 237 g/mol. The second kappa shape index (κ2) is 4.53. The van der Waals surface area contributed by atoms with Crippen LogP contribution in [0.1, 0.15) is 12.0 Å². The van der Waals surface area contributed by atoms with Gasteiger partial charge in [-0.05, 0) is 24.1 Å². The number of aliphatic carboxylic acids is 1. The molecule has 5 heteroatoms. The van der Waals surface area contributed by atoms with Crippen molar-refractivity contribution >= 4 is 11.9 Å². The lowest BCUT2D eigenvalue weighted by Crippen LogP contribution is -2.25. The molecular weight excluding hydrogens is 225 g/mol. The van der Waals surface area contributed by atoms with E-state index in [1.807, 2.05) is 0 Å². The molecule has 2 atom stereocenters. The van der Waals surface area contributed by atoms with E-state index in [2.05, 4.69) is 5.32 Å². The maximum atomic E-state index is 12.8. The van der Waals surface area contributed by atoms with Gasteiger partial charge < -0.3 is 10.4 Å². The normalized spacial score (nSPS) is 21.9. The third-order valence-electron chi connectivity index (χ3n) is 2.80. The highest BCUT2D eigenvalue weighted by Crippen LogP contribution is 2.38. The molecule has 17 heavy (non-hydrogen) atoms. The second-order valence-electron chi connectivity index (χ2n) is 4.13. The minimum absolute atomic E-state index is 0.222. The number of hydrogen-bond acceptors (Lipinski definition) is 2. The van der Waals surface area contributed by atoms with E-state index in [1.165, 1.54) is 12.1 Å². The van der Waals surface area contributed by atoms with Crippen LogP contribution < -0.4 is 5.32 Å². The van der Waals surface area contributed by atoms with E-state index in [0.29, 0.717) is 12.0 Å². The Kier molecular flexibility index (Phi) is 3.08. The van der Waals surface area contributed by atoms with Crippen LogP contribution in [0, 0.1) is 17.7 Å². The summed E-state index contributed by atoms with van der Waals surface area (Å²) in [5.74, 6) is -2.55. The molecule has 0 unspecified atom stereocenters. The standard InChI is InChI=1S/C12H12FNO3/c13-8-3-1-2-7(4-8)6-14-11(15)9-5-10(9)12(16)17/h1-4,9-10H,5-6H2,(H,14,15)(H,16,17)/t9-,10+/m1/s1. The van der Waals surface area contributed by atoms with E-state index in [4.69, 9.17) is 5.11 Å². The molecule has 0 bridgehead atoms. The number of amides is 1. The summed E-state index contributed by atoms with van der Waals surface area (Å²) in [7, 11) is 0. The number of benzene rings is 1. The van der Waals surface area contributed by atoms with Crippen molar-refractivity contribution < 1.29 is 19.1 Å². The third-order valence-corrected chi connectivity index (χ3v) is 2.80. The van der Waals surface area contributed by atoms with Gasteiger partial charge in [-0.1, -0.05) is 12.1 Å². The van der Waals surface area contributed by atoms with Crippen molar-refractivity contribution in [1.82, 2.24) is 5.32 Å². The second-order valence-corrected chi connectivity index (χ2v) is 4.13. The number of rotatable bonds is 4. The number of carboxylic acids is 1. The highest BCUT2D eigenvalue weighted by molar-refractivity contribution is 5.89. The first-order chi connectivity index (χ1) is 8.08. The first-order valence-electron chi connectivity index (χ1n) is 5.33. The predicted octanol–water partition coefficient (Wildman–Crippen LogP) is 1.16. The van der Waals surface area contributed by atoms with Crippen LogP contribution in [0.15, 0.2) is 24.3 Å². The molecule has 2 N–H and O–H groups in total. The summed E-state index contributed by atoms with van der Waals surface area (Å²) in [5.41, 5.74) is 0.658. The topological polar surface area (TPSA) is 66.4 Å². The summed E-state index contributed by atoms with van der Waals surface area (Å²) in [5, 5.41) is 11.3. The fraction of sp³-hybridized carbons (Fsp3) is 0.333. The van der Waals surface area contributed by atoms with Gasteiger partial charge in [0.05, 0.1) is 11.8 Å². The van der Waals surface area contributed by atoms with Crippen LogP contribution in [0.2, 0.25) is 0 Å². The molecule has 1 saturated carbocycles. The van der Waals surface area contributed by atoms with Gasteiger partial charge >= 0.3 is 5.97 Å². The maximum Gasteiger partial charge on any atom is 0.307 e. The number of hydrogen-bond donors (Lipinski definition) is 2.